The highest BCUT2D eigenvalue weighted by atomic mass is 32.2. The fraction of sp³-hybridized carbons (Fsp3) is 0.462. The minimum absolute atomic E-state index is 0.0415. The lowest BCUT2D eigenvalue weighted by molar-refractivity contribution is 0.0941. The summed E-state index contributed by atoms with van der Waals surface area (Å²) in [5.41, 5.74) is 5.49. The molecule has 0 aliphatic carbocycles. The van der Waals surface area contributed by atoms with Crippen LogP contribution in [0.5, 0.6) is 0 Å². The maximum absolute atomic E-state index is 13.0. The molecular weight excluding hydrogens is 422 g/mol. The third-order valence-corrected chi connectivity index (χ3v) is 8.40. The van der Waals surface area contributed by atoms with Gasteiger partial charge in [-0.25, -0.2) is 8.42 Å². The molecule has 0 aliphatic rings. The van der Waals surface area contributed by atoms with Gasteiger partial charge in [-0.2, -0.15) is 0 Å². The molecule has 0 aliphatic heterocycles. The van der Waals surface area contributed by atoms with Crippen molar-refractivity contribution >= 4 is 21.5 Å². The van der Waals surface area contributed by atoms with E-state index in [1.54, 1.807) is 45.0 Å². The van der Waals surface area contributed by atoms with Crippen LogP contribution in [-0.2, 0) is 22.0 Å². The number of carbonyl (C=O) groups excluding carboxylic acids is 2. The van der Waals surface area contributed by atoms with E-state index < -0.39 is 14.6 Å². The number of amides is 1. The molecule has 174 valence electrons. The molecule has 0 saturated carbocycles. The number of ketones is 1. The maximum atomic E-state index is 13.0. The molecular formula is C26H35NO4S. The van der Waals surface area contributed by atoms with Crippen LogP contribution in [0.15, 0.2) is 30.3 Å². The molecule has 2 aromatic rings. The van der Waals surface area contributed by atoms with E-state index in [-0.39, 0.29) is 29.9 Å². The Morgan fingerprint density at radius 1 is 0.969 bits per heavy atom. The summed E-state index contributed by atoms with van der Waals surface area (Å²) < 4.78 is 24.0. The van der Waals surface area contributed by atoms with Gasteiger partial charge in [-0.3, -0.25) is 9.59 Å². The molecule has 0 saturated heterocycles. The summed E-state index contributed by atoms with van der Waals surface area (Å²) in [5.74, 6) is -0.204. The van der Waals surface area contributed by atoms with Crippen molar-refractivity contribution < 1.29 is 18.0 Å². The number of aryl methyl sites for hydroxylation is 1. The molecule has 0 heterocycles. The van der Waals surface area contributed by atoms with E-state index in [4.69, 9.17) is 0 Å². The van der Waals surface area contributed by atoms with Crippen molar-refractivity contribution in [2.75, 3.05) is 0 Å². The van der Waals surface area contributed by atoms with E-state index in [9.17, 15) is 18.0 Å². The minimum atomic E-state index is -3.28. The van der Waals surface area contributed by atoms with E-state index in [0.29, 0.717) is 16.7 Å². The van der Waals surface area contributed by atoms with Crippen LogP contribution in [0.4, 0.5) is 0 Å². The Balaban J connectivity index is 2.24. The van der Waals surface area contributed by atoms with Crippen LogP contribution < -0.4 is 5.32 Å². The molecule has 2 rings (SSSR count). The number of benzene rings is 2. The molecule has 5 nitrogen and oxygen atoms in total. The normalized spacial score (nSPS) is 12.2. The first-order chi connectivity index (χ1) is 14.6. The third-order valence-electron chi connectivity index (χ3n) is 5.82. The monoisotopic (exact) mass is 457 g/mol. The summed E-state index contributed by atoms with van der Waals surface area (Å²) in [6, 6.07) is 8.70. The minimum Gasteiger partial charge on any atom is -0.350 e. The summed E-state index contributed by atoms with van der Waals surface area (Å²) in [6.07, 6.45) is 0.226. The topological polar surface area (TPSA) is 80.3 Å². The molecule has 0 atom stereocenters. The molecule has 0 aromatic heterocycles. The predicted octanol–water partition coefficient (Wildman–Crippen LogP) is 4.89. The number of nitrogens with one attached hydrogen (secondary N) is 1. The van der Waals surface area contributed by atoms with E-state index in [1.165, 1.54) is 0 Å². The van der Waals surface area contributed by atoms with Crippen molar-refractivity contribution in [2.24, 2.45) is 0 Å². The SMILES string of the molecule is Cc1cc(C(=O)NC(C)C)c(C)c(C)c1CC(=O)c1ccc(CS(=O)(=O)C(C)(C)C)cc1. The van der Waals surface area contributed by atoms with E-state index in [2.05, 4.69) is 5.32 Å². The van der Waals surface area contributed by atoms with Crippen molar-refractivity contribution in [3.05, 3.63) is 69.3 Å². The molecule has 0 fully saturated rings. The lowest BCUT2D eigenvalue weighted by Gasteiger charge is -2.19. The smallest absolute Gasteiger partial charge is 0.251 e. The van der Waals surface area contributed by atoms with Crippen molar-refractivity contribution in [3.63, 3.8) is 0 Å². The predicted molar refractivity (Wildman–Crippen MR) is 130 cm³/mol. The van der Waals surface area contributed by atoms with Crippen molar-refractivity contribution in [2.45, 2.75) is 78.4 Å². The van der Waals surface area contributed by atoms with Gasteiger partial charge in [0.05, 0.1) is 10.5 Å². The number of hydrogen-bond donors (Lipinski definition) is 1. The van der Waals surface area contributed by atoms with Crippen LogP contribution in [-0.4, -0.2) is 30.9 Å². The standard InChI is InChI=1S/C26H35NO4S/c1-16(2)27-25(29)23-13-17(3)22(18(4)19(23)5)14-24(28)21-11-9-20(10-12-21)15-32(30,31)26(6,7)8/h9-13,16H,14-15H2,1-8H3,(H,27,29). The summed E-state index contributed by atoms with van der Waals surface area (Å²) in [4.78, 5) is 25.5. The van der Waals surface area contributed by atoms with Crippen LogP contribution in [0.3, 0.4) is 0 Å². The number of carbonyl (C=O) groups is 2. The first kappa shape index (κ1) is 25.8. The highest BCUT2D eigenvalue weighted by Crippen LogP contribution is 2.25. The number of Topliss-reactive ketones (excluding diaryl/α,β-unsaturated/α-hetero) is 1. The third kappa shape index (κ3) is 5.85. The highest BCUT2D eigenvalue weighted by molar-refractivity contribution is 7.91. The quantitative estimate of drug-likeness (QED) is 0.601. The zero-order valence-corrected chi connectivity index (χ0v) is 21.2. The van der Waals surface area contributed by atoms with Gasteiger partial charge in [0.2, 0.25) is 0 Å². The van der Waals surface area contributed by atoms with Gasteiger partial charge in [-0.1, -0.05) is 24.3 Å². The molecule has 32 heavy (non-hydrogen) atoms. The first-order valence-electron chi connectivity index (χ1n) is 10.9. The Bertz CT molecular complexity index is 1120. The molecule has 0 bridgehead atoms. The fourth-order valence-corrected chi connectivity index (χ4v) is 4.53. The van der Waals surface area contributed by atoms with Gasteiger partial charge >= 0.3 is 0 Å². The zero-order chi connectivity index (χ0) is 24.4. The number of sulfone groups is 1. The first-order valence-corrected chi connectivity index (χ1v) is 12.5. The van der Waals surface area contributed by atoms with E-state index in [1.807, 2.05) is 40.7 Å². The second-order valence-corrected chi connectivity index (χ2v) is 12.5. The van der Waals surface area contributed by atoms with Crippen molar-refractivity contribution in [1.29, 1.82) is 0 Å². The van der Waals surface area contributed by atoms with Crippen molar-refractivity contribution in [3.8, 4) is 0 Å². The molecule has 6 heteroatoms. The summed E-state index contributed by atoms with van der Waals surface area (Å²) in [7, 11) is -3.28. The molecule has 2 aromatic carbocycles. The van der Waals surface area contributed by atoms with Crippen molar-refractivity contribution in [1.82, 2.24) is 5.32 Å². The molecule has 1 N–H and O–H groups in total. The lowest BCUT2D eigenvalue weighted by Crippen LogP contribution is -2.31. The summed E-state index contributed by atoms with van der Waals surface area (Å²) >= 11 is 0. The van der Waals surface area contributed by atoms with E-state index >= 15 is 0 Å². The van der Waals surface area contributed by atoms with Gasteiger partial charge in [0.1, 0.15) is 0 Å². The van der Waals surface area contributed by atoms with Crippen LogP contribution in [0.2, 0.25) is 0 Å². The molecule has 1 amide bonds. The second kappa shape index (κ2) is 9.57. The van der Waals surface area contributed by atoms with Gasteiger partial charge in [0.15, 0.2) is 15.6 Å². The van der Waals surface area contributed by atoms with E-state index in [0.717, 1.165) is 22.3 Å². The Labute approximate surface area is 192 Å². The number of hydrogen-bond acceptors (Lipinski definition) is 4. The Morgan fingerprint density at radius 3 is 2.03 bits per heavy atom. The van der Waals surface area contributed by atoms with Crippen LogP contribution in [0.25, 0.3) is 0 Å². The molecule has 0 radical (unpaired) electrons. The van der Waals surface area contributed by atoms with Crippen LogP contribution in [0, 0.1) is 20.8 Å². The molecule has 0 spiro atoms. The maximum Gasteiger partial charge on any atom is 0.251 e. The Kier molecular flexibility index (Phi) is 7.71. The zero-order valence-electron chi connectivity index (χ0n) is 20.4. The highest BCUT2D eigenvalue weighted by Gasteiger charge is 2.29. The van der Waals surface area contributed by atoms with Gasteiger partial charge in [-0.15, -0.1) is 0 Å². The van der Waals surface area contributed by atoms with Gasteiger partial charge in [-0.05, 0) is 89.3 Å². The average molecular weight is 458 g/mol. The average Bonchev–Trinajstić information content (AvgIpc) is 2.66. The van der Waals surface area contributed by atoms with Crippen LogP contribution >= 0.6 is 0 Å². The second-order valence-electron chi connectivity index (χ2n) is 9.77. The number of rotatable bonds is 7. The summed E-state index contributed by atoms with van der Waals surface area (Å²) in [5, 5.41) is 2.92. The van der Waals surface area contributed by atoms with Gasteiger partial charge in [0.25, 0.3) is 5.91 Å². The largest absolute Gasteiger partial charge is 0.350 e. The summed E-state index contributed by atoms with van der Waals surface area (Å²) in [6.45, 7) is 14.7. The Morgan fingerprint density at radius 2 is 1.53 bits per heavy atom. The van der Waals surface area contributed by atoms with Gasteiger partial charge < -0.3 is 5.32 Å². The van der Waals surface area contributed by atoms with Crippen LogP contribution in [0.1, 0.15) is 83.2 Å². The lowest BCUT2D eigenvalue weighted by atomic mass is 9.89. The van der Waals surface area contributed by atoms with Gasteiger partial charge in [0, 0.05) is 23.6 Å². The molecule has 0 unspecified atom stereocenters. The Hall–Kier alpha value is -2.47. The fourth-order valence-electron chi connectivity index (χ4n) is 3.47.